The molecule has 0 radical (unpaired) electrons. The van der Waals surface area contributed by atoms with Gasteiger partial charge in [0.05, 0.1) is 42.3 Å². The minimum absolute atomic E-state index is 0.0179. The highest BCUT2D eigenvalue weighted by molar-refractivity contribution is 7.91. The van der Waals surface area contributed by atoms with E-state index >= 15 is 0 Å². The van der Waals surface area contributed by atoms with Crippen molar-refractivity contribution in [2.24, 2.45) is 0 Å². The van der Waals surface area contributed by atoms with E-state index < -0.39 is 27.3 Å². The van der Waals surface area contributed by atoms with Crippen molar-refractivity contribution < 1.29 is 33.3 Å². The van der Waals surface area contributed by atoms with Crippen LogP contribution >= 0.6 is 0 Å². The van der Waals surface area contributed by atoms with Gasteiger partial charge in [-0.1, -0.05) is 6.07 Å². The molecule has 1 aliphatic rings. The Morgan fingerprint density at radius 3 is 2.44 bits per heavy atom. The summed E-state index contributed by atoms with van der Waals surface area (Å²) in [5.41, 5.74) is 2.43. The van der Waals surface area contributed by atoms with Gasteiger partial charge in [-0.25, -0.2) is 8.42 Å². The first-order valence-corrected chi connectivity index (χ1v) is 14.4. The van der Waals surface area contributed by atoms with Crippen molar-refractivity contribution in [3.63, 3.8) is 0 Å². The number of nitrogens with zero attached hydrogens (tertiary/aromatic N) is 3. The minimum atomic E-state index is -3.18. The third kappa shape index (κ3) is 5.65. The third-order valence-corrected chi connectivity index (χ3v) is 9.17. The first kappa shape index (κ1) is 28.2. The monoisotopic (exact) mass is 559 g/mol. The molecule has 2 atom stereocenters. The van der Waals surface area contributed by atoms with Crippen LogP contribution in [0.4, 0.5) is 0 Å². The lowest BCUT2D eigenvalue weighted by molar-refractivity contribution is -0.140. The zero-order valence-corrected chi connectivity index (χ0v) is 23.2. The van der Waals surface area contributed by atoms with Gasteiger partial charge in [-0.05, 0) is 57.4 Å². The molecule has 0 spiro atoms. The smallest absolute Gasteiger partial charge is 0.306 e. The van der Waals surface area contributed by atoms with Crippen molar-refractivity contribution in [3.8, 4) is 17.2 Å². The molecule has 0 saturated carbocycles. The maximum Gasteiger partial charge on any atom is 0.306 e. The number of benzene rings is 1. The number of hydrogen-bond donors (Lipinski definition) is 3. The van der Waals surface area contributed by atoms with Crippen molar-refractivity contribution in [1.29, 1.82) is 0 Å². The summed E-state index contributed by atoms with van der Waals surface area (Å²) < 4.78 is 32.3. The van der Waals surface area contributed by atoms with E-state index in [0.717, 1.165) is 0 Å². The zero-order valence-electron chi connectivity index (χ0n) is 22.3. The van der Waals surface area contributed by atoms with Crippen LogP contribution in [0.3, 0.4) is 0 Å². The van der Waals surface area contributed by atoms with Crippen LogP contribution in [0.15, 0.2) is 29.1 Å². The Bertz CT molecular complexity index is 1590. The van der Waals surface area contributed by atoms with Gasteiger partial charge >= 0.3 is 5.97 Å². The number of sulfone groups is 1. The summed E-state index contributed by atoms with van der Waals surface area (Å²) in [6.45, 7) is 5.40. The number of esters is 1. The van der Waals surface area contributed by atoms with Crippen LogP contribution < -0.4 is 5.56 Å². The molecule has 39 heavy (non-hydrogen) atoms. The van der Waals surface area contributed by atoms with Gasteiger partial charge < -0.3 is 24.6 Å². The molecule has 12 heteroatoms. The maximum atomic E-state index is 13.9. The molecule has 3 aromatic rings. The predicted molar refractivity (Wildman–Crippen MR) is 143 cm³/mol. The Morgan fingerprint density at radius 2 is 1.82 bits per heavy atom. The number of ether oxygens (including phenoxy) is 1. The molecule has 0 unspecified atom stereocenters. The first-order chi connectivity index (χ1) is 18.3. The van der Waals surface area contributed by atoms with Crippen LogP contribution in [0.2, 0.25) is 0 Å². The number of carbonyl (C=O) groups excluding carboxylic acids is 1. The van der Waals surface area contributed by atoms with Crippen LogP contribution in [0.1, 0.15) is 58.6 Å². The number of aromatic nitrogens is 3. The quantitative estimate of drug-likeness (QED) is 0.278. The molecule has 210 valence electrons. The number of pyridine rings is 1. The van der Waals surface area contributed by atoms with E-state index in [4.69, 9.17) is 4.74 Å². The average Bonchev–Trinajstić information content (AvgIpc) is 3.37. The lowest BCUT2D eigenvalue weighted by Gasteiger charge is -2.21. The van der Waals surface area contributed by atoms with Crippen LogP contribution in [-0.2, 0) is 32.3 Å². The normalized spacial score (nSPS) is 17.3. The number of methoxy groups -OCH3 is 1. The number of hydrogen-bond acceptors (Lipinski definition) is 9. The lowest BCUT2D eigenvalue weighted by atomic mass is 9.87. The molecule has 1 aliphatic heterocycles. The van der Waals surface area contributed by atoms with Crippen molar-refractivity contribution >= 4 is 15.8 Å². The molecular weight excluding hydrogens is 526 g/mol. The fourth-order valence-corrected chi connectivity index (χ4v) is 7.13. The van der Waals surface area contributed by atoms with Gasteiger partial charge in [-0.3, -0.25) is 14.3 Å². The van der Waals surface area contributed by atoms with Gasteiger partial charge in [-0.2, -0.15) is 5.10 Å². The van der Waals surface area contributed by atoms with Crippen LogP contribution in [0, 0.1) is 20.8 Å². The summed E-state index contributed by atoms with van der Waals surface area (Å²) in [6, 6.07) is 5.54. The SMILES string of the molecule is COC(=O)C[C@@H](c1c(C)nn([C@@H]2CCS(=O)(=O)C2)c1C)c1c(O)cc(C)n(CCc2ccc(O)c(O)c2)c1=O. The van der Waals surface area contributed by atoms with Gasteiger partial charge in [0, 0.05) is 29.4 Å². The Hall–Kier alpha value is -3.80. The third-order valence-electron chi connectivity index (χ3n) is 7.42. The van der Waals surface area contributed by atoms with E-state index in [9.17, 15) is 33.3 Å². The highest BCUT2D eigenvalue weighted by Crippen LogP contribution is 2.38. The molecule has 4 rings (SSSR count). The average molecular weight is 560 g/mol. The number of aryl methyl sites for hydroxylation is 3. The van der Waals surface area contributed by atoms with E-state index in [1.165, 1.54) is 29.9 Å². The van der Waals surface area contributed by atoms with E-state index in [2.05, 4.69) is 5.10 Å². The Balaban J connectivity index is 1.79. The number of phenolic OH excluding ortho intramolecular Hbond substituents is 2. The highest BCUT2D eigenvalue weighted by Gasteiger charge is 2.35. The minimum Gasteiger partial charge on any atom is -0.507 e. The van der Waals surface area contributed by atoms with Crippen molar-refractivity contribution in [1.82, 2.24) is 14.3 Å². The summed E-state index contributed by atoms with van der Waals surface area (Å²) in [4.78, 5) is 26.4. The summed E-state index contributed by atoms with van der Waals surface area (Å²) >= 11 is 0. The fraction of sp³-hybridized carbons (Fsp3) is 0.444. The summed E-state index contributed by atoms with van der Waals surface area (Å²) in [6.07, 6.45) is 0.540. The van der Waals surface area contributed by atoms with E-state index in [-0.39, 0.29) is 53.3 Å². The Morgan fingerprint density at radius 1 is 1.10 bits per heavy atom. The predicted octanol–water partition coefficient (Wildman–Crippen LogP) is 2.38. The molecular formula is C27H33N3O8S. The molecule has 0 aliphatic carbocycles. The van der Waals surface area contributed by atoms with Crippen molar-refractivity contribution in [2.75, 3.05) is 18.6 Å². The fourth-order valence-electron chi connectivity index (χ4n) is 5.44. The summed E-state index contributed by atoms with van der Waals surface area (Å²) in [7, 11) is -1.93. The van der Waals surface area contributed by atoms with E-state index in [1.54, 1.807) is 31.5 Å². The molecule has 3 heterocycles. The second kappa shape index (κ2) is 10.8. The Kier molecular flexibility index (Phi) is 7.78. The number of carbonyl (C=O) groups is 1. The van der Waals surface area contributed by atoms with E-state index in [0.29, 0.717) is 41.1 Å². The number of rotatable bonds is 8. The molecule has 1 saturated heterocycles. The standard InChI is InChI=1S/C27H33N3O8S/c1-15-11-23(33)26(27(35)29(15)9-7-18-5-6-21(31)22(32)12-18)20(13-24(34)38-4)25-16(2)28-30(17(25)3)19-8-10-39(36,37)14-19/h5-6,11-12,19-20,31-33H,7-10,13-14H2,1-4H3/t19-,20+/m1/s1. The molecule has 0 amide bonds. The lowest BCUT2D eigenvalue weighted by Crippen LogP contribution is -2.29. The summed E-state index contributed by atoms with van der Waals surface area (Å²) in [5.74, 6) is -2.21. The molecule has 11 nitrogen and oxygen atoms in total. The molecule has 1 aromatic carbocycles. The maximum absolute atomic E-state index is 13.9. The van der Waals surface area contributed by atoms with Crippen LogP contribution in [-0.4, -0.2) is 62.7 Å². The molecule has 2 aromatic heterocycles. The van der Waals surface area contributed by atoms with E-state index in [1.807, 2.05) is 0 Å². The topological polar surface area (TPSA) is 161 Å². The van der Waals surface area contributed by atoms with Gasteiger partial charge in [0.15, 0.2) is 21.3 Å². The second-order valence-corrected chi connectivity index (χ2v) is 12.3. The first-order valence-electron chi connectivity index (χ1n) is 12.6. The van der Waals surface area contributed by atoms with Gasteiger partial charge in [-0.15, -0.1) is 0 Å². The second-order valence-electron chi connectivity index (χ2n) is 10.0. The Labute approximate surface area is 226 Å². The van der Waals surface area contributed by atoms with Crippen LogP contribution in [0.5, 0.6) is 17.2 Å². The zero-order chi connectivity index (χ0) is 28.6. The number of phenols is 2. The van der Waals surface area contributed by atoms with Crippen molar-refractivity contribution in [3.05, 3.63) is 68.4 Å². The molecule has 1 fully saturated rings. The van der Waals surface area contributed by atoms with Crippen molar-refractivity contribution in [2.45, 2.75) is 58.5 Å². The molecule has 3 N–H and O–H groups in total. The summed E-state index contributed by atoms with van der Waals surface area (Å²) in [5, 5.41) is 35.0. The van der Waals surface area contributed by atoms with Gasteiger partial charge in [0.25, 0.3) is 5.56 Å². The van der Waals surface area contributed by atoms with Gasteiger partial charge in [0.1, 0.15) is 5.75 Å². The highest BCUT2D eigenvalue weighted by atomic mass is 32.2. The largest absolute Gasteiger partial charge is 0.507 e. The van der Waals surface area contributed by atoms with Crippen LogP contribution in [0.25, 0.3) is 0 Å². The molecule has 0 bridgehead atoms. The van der Waals surface area contributed by atoms with Gasteiger partial charge in [0.2, 0.25) is 0 Å². The number of aromatic hydroxyl groups is 3.